The van der Waals surface area contributed by atoms with Crippen LogP contribution in [0.4, 0.5) is 0 Å². The standard InChI is InChI=1S/C22H28O4/c1-5-6-7-11-17-14-19(22(25)26)18(21(24)20(17)23)13-12-16(4)10-8-9-15(2)3/h1,9,12,14,23-24H,6-8,10-11,13H2,2-4H3,(H,25,26)/b16-12+. The summed E-state index contributed by atoms with van der Waals surface area (Å²) in [5.41, 5.74) is 3.02. The molecule has 0 radical (unpaired) electrons. The van der Waals surface area contributed by atoms with Crippen molar-refractivity contribution in [3.05, 3.63) is 46.1 Å². The topological polar surface area (TPSA) is 77.8 Å². The van der Waals surface area contributed by atoms with Crippen molar-refractivity contribution in [2.24, 2.45) is 0 Å². The number of carboxylic acids is 1. The van der Waals surface area contributed by atoms with Crippen LogP contribution in [0.3, 0.4) is 0 Å². The molecular weight excluding hydrogens is 328 g/mol. The Morgan fingerprint density at radius 2 is 1.88 bits per heavy atom. The van der Waals surface area contributed by atoms with Crippen LogP contribution in [0.2, 0.25) is 0 Å². The van der Waals surface area contributed by atoms with E-state index in [9.17, 15) is 20.1 Å². The van der Waals surface area contributed by atoms with Crippen LogP contribution in [0.15, 0.2) is 29.4 Å². The molecule has 0 aliphatic heterocycles. The van der Waals surface area contributed by atoms with Gasteiger partial charge in [0.25, 0.3) is 0 Å². The average molecular weight is 356 g/mol. The zero-order valence-corrected chi connectivity index (χ0v) is 15.8. The van der Waals surface area contributed by atoms with Gasteiger partial charge in [-0.25, -0.2) is 4.79 Å². The Hall–Kier alpha value is -2.67. The fourth-order valence-corrected chi connectivity index (χ4v) is 2.69. The summed E-state index contributed by atoms with van der Waals surface area (Å²) in [6, 6.07) is 1.44. The molecule has 0 saturated carbocycles. The molecule has 0 heterocycles. The van der Waals surface area contributed by atoms with Crippen molar-refractivity contribution in [2.75, 3.05) is 0 Å². The van der Waals surface area contributed by atoms with Crippen LogP contribution in [-0.2, 0) is 12.8 Å². The maximum atomic E-state index is 11.6. The summed E-state index contributed by atoms with van der Waals surface area (Å²) >= 11 is 0. The van der Waals surface area contributed by atoms with Crippen molar-refractivity contribution in [3.63, 3.8) is 0 Å². The van der Waals surface area contributed by atoms with E-state index in [1.807, 2.05) is 26.8 Å². The number of carbonyl (C=O) groups is 1. The maximum absolute atomic E-state index is 11.6. The molecule has 0 bridgehead atoms. The van der Waals surface area contributed by atoms with Crippen molar-refractivity contribution in [1.29, 1.82) is 0 Å². The number of aromatic hydroxyl groups is 2. The lowest BCUT2D eigenvalue weighted by Gasteiger charge is -2.13. The molecule has 0 spiro atoms. The molecule has 0 aromatic heterocycles. The Morgan fingerprint density at radius 1 is 1.19 bits per heavy atom. The van der Waals surface area contributed by atoms with Crippen LogP contribution in [0.25, 0.3) is 0 Å². The molecule has 140 valence electrons. The Balaban J connectivity index is 3.06. The summed E-state index contributed by atoms with van der Waals surface area (Å²) in [6.07, 6.45) is 12.9. The third-order valence-electron chi connectivity index (χ3n) is 4.20. The third kappa shape index (κ3) is 6.33. The van der Waals surface area contributed by atoms with Crippen molar-refractivity contribution < 1.29 is 20.1 Å². The van der Waals surface area contributed by atoms with Crippen molar-refractivity contribution in [2.45, 2.75) is 59.3 Å². The second-order valence-corrected chi connectivity index (χ2v) is 6.70. The molecule has 0 unspecified atom stereocenters. The Morgan fingerprint density at radius 3 is 2.46 bits per heavy atom. The van der Waals surface area contributed by atoms with E-state index in [1.54, 1.807) is 0 Å². The second kappa shape index (κ2) is 10.4. The van der Waals surface area contributed by atoms with Gasteiger partial charge >= 0.3 is 5.97 Å². The molecule has 1 aromatic rings. The number of benzene rings is 1. The highest BCUT2D eigenvalue weighted by Gasteiger charge is 2.20. The number of phenols is 2. The van der Waals surface area contributed by atoms with E-state index in [-0.39, 0.29) is 29.0 Å². The number of carboxylic acid groups (broad SMARTS) is 1. The smallest absolute Gasteiger partial charge is 0.336 e. The molecule has 0 saturated heterocycles. The van der Waals surface area contributed by atoms with Crippen molar-refractivity contribution in [1.82, 2.24) is 0 Å². The molecular formula is C22H28O4. The molecule has 1 rings (SSSR count). The fourth-order valence-electron chi connectivity index (χ4n) is 2.69. The quantitative estimate of drug-likeness (QED) is 0.252. The third-order valence-corrected chi connectivity index (χ3v) is 4.20. The second-order valence-electron chi connectivity index (χ2n) is 6.70. The predicted molar refractivity (Wildman–Crippen MR) is 105 cm³/mol. The van der Waals surface area contributed by atoms with Crippen LogP contribution >= 0.6 is 0 Å². The normalized spacial score (nSPS) is 11.1. The summed E-state index contributed by atoms with van der Waals surface area (Å²) in [5, 5.41) is 30.1. The van der Waals surface area contributed by atoms with E-state index in [0.717, 1.165) is 18.4 Å². The number of hydrogen-bond acceptors (Lipinski definition) is 3. The van der Waals surface area contributed by atoms with Gasteiger partial charge in [-0.05, 0) is 64.5 Å². The van der Waals surface area contributed by atoms with Gasteiger partial charge in [-0.1, -0.05) is 23.3 Å². The van der Waals surface area contributed by atoms with E-state index in [1.165, 1.54) is 11.6 Å². The number of hydrogen-bond donors (Lipinski definition) is 3. The largest absolute Gasteiger partial charge is 0.504 e. The predicted octanol–water partition coefficient (Wildman–Crippen LogP) is 4.99. The molecule has 0 aliphatic carbocycles. The van der Waals surface area contributed by atoms with Gasteiger partial charge in [0, 0.05) is 12.0 Å². The first-order chi connectivity index (χ1) is 12.3. The van der Waals surface area contributed by atoms with Gasteiger partial charge in [-0.2, -0.15) is 0 Å². The van der Waals surface area contributed by atoms with Crippen LogP contribution in [0.1, 0.15) is 67.9 Å². The summed E-state index contributed by atoms with van der Waals surface area (Å²) in [4.78, 5) is 11.6. The highest BCUT2D eigenvalue weighted by molar-refractivity contribution is 5.91. The van der Waals surface area contributed by atoms with Crippen molar-refractivity contribution >= 4 is 5.97 Å². The van der Waals surface area contributed by atoms with E-state index in [0.29, 0.717) is 24.8 Å². The molecule has 4 heteroatoms. The van der Waals surface area contributed by atoms with Gasteiger partial charge in [0.2, 0.25) is 0 Å². The molecule has 0 fully saturated rings. The molecule has 26 heavy (non-hydrogen) atoms. The first-order valence-corrected chi connectivity index (χ1v) is 8.80. The van der Waals surface area contributed by atoms with Crippen LogP contribution in [-0.4, -0.2) is 21.3 Å². The zero-order chi connectivity index (χ0) is 19.7. The minimum atomic E-state index is -1.12. The van der Waals surface area contributed by atoms with Crippen LogP contribution in [0.5, 0.6) is 11.5 Å². The minimum Gasteiger partial charge on any atom is -0.504 e. The number of phenolic OH excluding ortho intramolecular Hbond substituents is 2. The Kier molecular flexibility index (Phi) is 8.51. The average Bonchev–Trinajstić information content (AvgIpc) is 2.57. The lowest BCUT2D eigenvalue weighted by molar-refractivity contribution is 0.0695. The Labute approximate surface area is 155 Å². The van der Waals surface area contributed by atoms with Gasteiger partial charge in [-0.3, -0.25) is 0 Å². The molecule has 0 aliphatic rings. The SMILES string of the molecule is C#CCCCc1cc(C(=O)O)c(C/C=C(\C)CCC=C(C)C)c(O)c1O. The lowest BCUT2D eigenvalue weighted by atomic mass is 9.95. The van der Waals surface area contributed by atoms with Crippen molar-refractivity contribution in [3.8, 4) is 23.8 Å². The molecule has 3 N–H and O–H groups in total. The number of aryl methyl sites for hydroxylation is 1. The molecule has 0 atom stereocenters. The molecule has 4 nitrogen and oxygen atoms in total. The number of aromatic carboxylic acids is 1. The highest BCUT2D eigenvalue weighted by atomic mass is 16.4. The van der Waals surface area contributed by atoms with Gasteiger partial charge in [-0.15, -0.1) is 12.3 Å². The van der Waals surface area contributed by atoms with E-state index >= 15 is 0 Å². The number of terminal acetylenes is 1. The van der Waals surface area contributed by atoms with E-state index in [2.05, 4.69) is 12.0 Å². The van der Waals surface area contributed by atoms with Crippen LogP contribution < -0.4 is 0 Å². The Bertz CT molecular complexity index is 744. The van der Waals surface area contributed by atoms with Gasteiger partial charge in [0.15, 0.2) is 11.5 Å². The summed E-state index contributed by atoms with van der Waals surface area (Å²) in [7, 11) is 0. The van der Waals surface area contributed by atoms with Gasteiger partial charge in [0.05, 0.1) is 5.56 Å². The fraction of sp³-hybridized carbons (Fsp3) is 0.409. The number of unbranched alkanes of at least 4 members (excludes halogenated alkanes) is 1. The maximum Gasteiger partial charge on any atom is 0.336 e. The first-order valence-electron chi connectivity index (χ1n) is 8.80. The van der Waals surface area contributed by atoms with Gasteiger partial charge < -0.3 is 15.3 Å². The lowest BCUT2D eigenvalue weighted by Crippen LogP contribution is -2.05. The molecule has 0 amide bonds. The molecule has 1 aromatic carbocycles. The number of rotatable bonds is 9. The monoisotopic (exact) mass is 356 g/mol. The van der Waals surface area contributed by atoms with E-state index in [4.69, 9.17) is 6.42 Å². The summed E-state index contributed by atoms with van der Waals surface area (Å²) < 4.78 is 0. The highest BCUT2D eigenvalue weighted by Crippen LogP contribution is 2.37. The minimum absolute atomic E-state index is 0.0179. The summed E-state index contributed by atoms with van der Waals surface area (Å²) in [6.45, 7) is 6.07. The first kappa shape index (κ1) is 21.4. The summed E-state index contributed by atoms with van der Waals surface area (Å²) in [5.74, 6) is 0.779. The van der Waals surface area contributed by atoms with Gasteiger partial charge in [0.1, 0.15) is 0 Å². The van der Waals surface area contributed by atoms with E-state index < -0.39 is 5.97 Å². The number of allylic oxidation sites excluding steroid dienone is 4. The van der Waals surface area contributed by atoms with Crippen LogP contribution in [0, 0.1) is 12.3 Å². The zero-order valence-electron chi connectivity index (χ0n) is 15.8.